The van der Waals surface area contributed by atoms with Crippen LogP contribution < -0.4 is 10.6 Å². The number of anilines is 2. The number of nitrogens with one attached hydrogen (secondary N) is 2. The number of amides is 1. The van der Waals surface area contributed by atoms with Crippen LogP contribution in [0.3, 0.4) is 0 Å². The van der Waals surface area contributed by atoms with Crippen LogP contribution in [0.25, 0.3) is 0 Å². The van der Waals surface area contributed by atoms with E-state index < -0.39 is 0 Å². The minimum absolute atomic E-state index is 0.269. The fourth-order valence-corrected chi connectivity index (χ4v) is 2.16. The van der Waals surface area contributed by atoms with Crippen LogP contribution in [-0.2, 0) is 6.54 Å². The Morgan fingerprint density at radius 3 is 2.58 bits per heavy atom. The highest BCUT2D eigenvalue weighted by atomic mass is 16.1. The number of hydrogen-bond acceptors (Lipinski definition) is 5. The number of benzene rings is 1. The van der Waals surface area contributed by atoms with Crippen molar-refractivity contribution < 1.29 is 4.79 Å². The molecule has 1 amide bonds. The van der Waals surface area contributed by atoms with E-state index in [9.17, 15) is 4.79 Å². The zero-order chi connectivity index (χ0) is 16.8. The minimum atomic E-state index is -0.284. The Morgan fingerprint density at radius 1 is 1.04 bits per heavy atom. The molecule has 0 aliphatic heterocycles. The smallest absolute Gasteiger partial charge is 0.276 e. The van der Waals surface area contributed by atoms with Gasteiger partial charge in [-0.25, -0.2) is 0 Å². The number of aromatic nitrogens is 3. The van der Waals surface area contributed by atoms with E-state index in [1.165, 1.54) is 0 Å². The Balaban J connectivity index is 1.60. The van der Waals surface area contributed by atoms with Crippen LogP contribution in [0.15, 0.2) is 60.9 Å². The third-order valence-corrected chi connectivity index (χ3v) is 3.40. The minimum Gasteiger partial charge on any atom is -0.365 e. The summed E-state index contributed by atoms with van der Waals surface area (Å²) in [6, 6.07) is 14.8. The molecule has 0 unspecified atom stereocenters. The third-order valence-electron chi connectivity index (χ3n) is 3.40. The molecule has 0 aliphatic carbocycles. The molecule has 2 heterocycles. The highest BCUT2D eigenvalue weighted by Crippen LogP contribution is 2.11. The third kappa shape index (κ3) is 4.13. The van der Waals surface area contributed by atoms with Crippen molar-refractivity contribution in [2.45, 2.75) is 13.5 Å². The first-order valence-corrected chi connectivity index (χ1v) is 7.55. The maximum Gasteiger partial charge on any atom is 0.276 e. The van der Waals surface area contributed by atoms with Crippen molar-refractivity contribution in [2.24, 2.45) is 0 Å². The number of rotatable bonds is 5. The van der Waals surface area contributed by atoms with Gasteiger partial charge in [-0.15, -0.1) is 10.2 Å². The Morgan fingerprint density at radius 2 is 1.88 bits per heavy atom. The second kappa shape index (κ2) is 7.32. The monoisotopic (exact) mass is 319 g/mol. The van der Waals surface area contributed by atoms with E-state index in [-0.39, 0.29) is 11.6 Å². The highest BCUT2D eigenvalue weighted by molar-refractivity contribution is 6.02. The molecule has 0 fully saturated rings. The molecule has 6 nitrogen and oxygen atoms in total. The van der Waals surface area contributed by atoms with Crippen LogP contribution in [0.5, 0.6) is 0 Å². The van der Waals surface area contributed by atoms with E-state index in [1.807, 2.05) is 43.3 Å². The number of carbonyl (C=O) groups excluding carboxylic acids is 1. The van der Waals surface area contributed by atoms with Gasteiger partial charge in [-0.1, -0.05) is 12.1 Å². The van der Waals surface area contributed by atoms with Gasteiger partial charge in [0.2, 0.25) is 0 Å². The lowest BCUT2D eigenvalue weighted by Crippen LogP contribution is -2.15. The number of pyridine rings is 1. The molecule has 120 valence electrons. The number of nitrogens with zero attached hydrogens (tertiary/aromatic N) is 3. The molecule has 0 saturated carbocycles. The van der Waals surface area contributed by atoms with Gasteiger partial charge in [0, 0.05) is 24.6 Å². The van der Waals surface area contributed by atoms with E-state index in [0.29, 0.717) is 12.4 Å². The van der Waals surface area contributed by atoms with Gasteiger partial charge in [0.1, 0.15) is 5.82 Å². The van der Waals surface area contributed by atoms with E-state index >= 15 is 0 Å². The predicted molar refractivity (Wildman–Crippen MR) is 92.7 cm³/mol. The molecule has 0 spiro atoms. The second-order valence-electron chi connectivity index (χ2n) is 5.34. The Kier molecular flexibility index (Phi) is 4.76. The average molecular weight is 319 g/mol. The topological polar surface area (TPSA) is 79.8 Å². The van der Waals surface area contributed by atoms with Gasteiger partial charge in [-0.2, -0.15) is 0 Å². The van der Waals surface area contributed by atoms with Crippen LogP contribution in [0.4, 0.5) is 11.5 Å². The summed E-state index contributed by atoms with van der Waals surface area (Å²) < 4.78 is 0. The van der Waals surface area contributed by atoms with Crippen LogP contribution in [0, 0.1) is 6.92 Å². The second-order valence-corrected chi connectivity index (χ2v) is 5.34. The molecular formula is C18H17N5O. The molecular weight excluding hydrogens is 302 g/mol. The summed E-state index contributed by atoms with van der Waals surface area (Å²) in [6.07, 6.45) is 3.48. The van der Waals surface area contributed by atoms with Crippen molar-refractivity contribution in [3.63, 3.8) is 0 Å². The Labute approximate surface area is 140 Å². The molecule has 0 saturated heterocycles. The van der Waals surface area contributed by atoms with Crippen LogP contribution in [0.1, 0.15) is 21.6 Å². The van der Waals surface area contributed by atoms with Gasteiger partial charge in [-0.05, 0) is 54.4 Å². The van der Waals surface area contributed by atoms with Crippen LogP contribution in [-0.4, -0.2) is 21.1 Å². The summed E-state index contributed by atoms with van der Waals surface area (Å²) in [6.45, 7) is 2.59. The van der Waals surface area contributed by atoms with Crippen molar-refractivity contribution in [3.05, 3.63) is 77.7 Å². The Bertz CT molecular complexity index is 818. The van der Waals surface area contributed by atoms with Gasteiger partial charge < -0.3 is 10.6 Å². The first-order chi connectivity index (χ1) is 11.7. The molecule has 0 atom stereocenters. The van der Waals surface area contributed by atoms with Crippen LogP contribution in [0.2, 0.25) is 0 Å². The van der Waals surface area contributed by atoms with Crippen molar-refractivity contribution in [1.29, 1.82) is 0 Å². The van der Waals surface area contributed by atoms with Gasteiger partial charge in [0.15, 0.2) is 5.69 Å². The van der Waals surface area contributed by atoms with Gasteiger partial charge in [0.25, 0.3) is 5.91 Å². The van der Waals surface area contributed by atoms with Crippen molar-refractivity contribution in [3.8, 4) is 0 Å². The lowest BCUT2D eigenvalue weighted by molar-refractivity contribution is 0.102. The molecule has 1 aromatic carbocycles. The Hall–Kier alpha value is -3.28. The molecule has 0 bridgehead atoms. The molecule has 3 aromatic rings. The molecule has 6 heteroatoms. The summed E-state index contributed by atoms with van der Waals surface area (Å²) in [5, 5.41) is 14.0. The van der Waals surface area contributed by atoms with Crippen molar-refractivity contribution in [1.82, 2.24) is 15.2 Å². The zero-order valence-electron chi connectivity index (χ0n) is 13.2. The number of hydrogen-bond donors (Lipinski definition) is 2. The molecule has 24 heavy (non-hydrogen) atoms. The standard InChI is InChI=1S/C18H17N5O/c1-13-3-2-4-15(11-13)21-18(24)16-5-6-17(23-22-16)20-12-14-7-9-19-10-8-14/h2-11H,12H2,1H3,(H,20,23)(H,21,24). The quantitative estimate of drug-likeness (QED) is 0.755. The summed E-state index contributed by atoms with van der Waals surface area (Å²) in [7, 11) is 0. The van der Waals surface area contributed by atoms with Crippen LogP contribution >= 0.6 is 0 Å². The molecule has 3 rings (SSSR count). The molecule has 2 N–H and O–H groups in total. The first kappa shape index (κ1) is 15.6. The highest BCUT2D eigenvalue weighted by Gasteiger charge is 2.08. The average Bonchev–Trinajstić information content (AvgIpc) is 2.61. The zero-order valence-corrected chi connectivity index (χ0v) is 13.2. The first-order valence-electron chi connectivity index (χ1n) is 7.55. The lowest BCUT2D eigenvalue weighted by Gasteiger charge is -2.07. The van der Waals surface area contributed by atoms with Gasteiger partial charge in [-0.3, -0.25) is 9.78 Å². The largest absolute Gasteiger partial charge is 0.365 e. The normalized spacial score (nSPS) is 10.2. The van der Waals surface area contributed by atoms with E-state index in [0.717, 1.165) is 16.8 Å². The summed E-state index contributed by atoms with van der Waals surface area (Å²) in [5.41, 5.74) is 3.18. The van der Waals surface area contributed by atoms with Crippen molar-refractivity contribution >= 4 is 17.4 Å². The summed E-state index contributed by atoms with van der Waals surface area (Å²) in [4.78, 5) is 16.1. The lowest BCUT2D eigenvalue weighted by atomic mass is 10.2. The van der Waals surface area contributed by atoms with E-state index in [2.05, 4.69) is 25.8 Å². The maximum absolute atomic E-state index is 12.2. The molecule has 2 aromatic heterocycles. The maximum atomic E-state index is 12.2. The van der Waals surface area contributed by atoms with E-state index in [1.54, 1.807) is 24.5 Å². The summed E-state index contributed by atoms with van der Waals surface area (Å²) >= 11 is 0. The van der Waals surface area contributed by atoms with Gasteiger partial charge in [0.05, 0.1) is 0 Å². The SMILES string of the molecule is Cc1cccc(NC(=O)c2ccc(NCc3ccncc3)nn2)c1. The van der Waals surface area contributed by atoms with Gasteiger partial charge >= 0.3 is 0 Å². The number of carbonyl (C=O) groups is 1. The van der Waals surface area contributed by atoms with E-state index in [4.69, 9.17) is 0 Å². The summed E-state index contributed by atoms with van der Waals surface area (Å²) in [5.74, 6) is 0.327. The fraction of sp³-hybridized carbons (Fsp3) is 0.111. The molecule has 0 radical (unpaired) electrons. The number of aryl methyl sites for hydroxylation is 1. The predicted octanol–water partition coefficient (Wildman–Crippen LogP) is 3.04. The van der Waals surface area contributed by atoms with Crippen molar-refractivity contribution in [2.75, 3.05) is 10.6 Å². The fourth-order valence-electron chi connectivity index (χ4n) is 2.16. The molecule has 0 aliphatic rings.